The Hall–Kier alpha value is -1.82. The van der Waals surface area contributed by atoms with Gasteiger partial charge in [0.15, 0.2) is 10.3 Å². The molecule has 0 saturated heterocycles. The van der Waals surface area contributed by atoms with Gasteiger partial charge in [0.1, 0.15) is 0 Å². The molecule has 16 heteroatoms. The lowest BCUT2D eigenvalue weighted by molar-refractivity contribution is -0.148. The molecule has 0 radical (unpaired) electrons. The molecule has 0 bridgehead atoms. The van der Waals surface area contributed by atoms with Gasteiger partial charge in [-0.2, -0.15) is 0 Å². The minimum absolute atomic E-state index is 0.0150. The molecule has 0 saturated carbocycles. The zero-order valence-electron chi connectivity index (χ0n) is 30.4. The Bertz CT molecular complexity index is 1070. The fourth-order valence-electron chi connectivity index (χ4n) is 6.08. The fourth-order valence-corrected chi connectivity index (χ4v) is 11.0. The maximum absolute atomic E-state index is 13.5. The quantitative estimate of drug-likeness (QED) is 0.0795. The van der Waals surface area contributed by atoms with E-state index in [1.807, 2.05) is 0 Å². The molecule has 0 fully saturated rings. The van der Waals surface area contributed by atoms with Crippen LogP contribution in [0.25, 0.3) is 0 Å². The van der Waals surface area contributed by atoms with Crippen molar-refractivity contribution < 1.29 is 66.1 Å². The maximum Gasteiger partial charge on any atom is 0.348 e. The Morgan fingerprint density at radius 2 is 1.19 bits per heavy atom. The van der Waals surface area contributed by atoms with E-state index in [9.17, 15) is 38.5 Å². The van der Waals surface area contributed by atoms with E-state index in [0.717, 1.165) is 0 Å². The van der Waals surface area contributed by atoms with Gasteiger partial charge in [0, 0.05) is 6.42 Å². The molecule has 14 nitrogen and oxygen atoms in total. The number of hydrogen-bond acceptors (Lipinski definition) is 12. The molecule has 0 aromatic rings. The Morgan fingerprint density at radius 1 is 0.745 bits per heavy atom. The minimum atomic E-state index is -4.02. The van der Waals surface area contributed by atoms with Gasteiger partial charge in [0.05, 0.1) is 46.6 Å². The highest BCUT2D eigenvalue weighted by atomic mass is 31.2. The van der Waals surface area contributed by atoms with Crippen LogP contribution >= 0.6 is 15.2 Å². The summed E-state index contributed by atoms with van der Waals surface area (Å²) in [5.41, 5.74) is -0.904. The van der Waals surface area contributed by atoms with Gasteiger partial charge >= 0.3 is 39.1 Å². The van der Waals surface area contributed by atoms with Crippen molar-refractivity contribution in [2.75, 3.05) is 40.1 Å². The third-order valence-electron chi connectivity index (χ3n) is 7.94. The number of ether oxygens (including phenoxy) is 2. The second-order valence-electron chi connectivity index (χ2n) is 11.9. The van der Waals surface area contributed by atoms with E-state index < -0.39 is 60.7 Å². The van der Waals surface area contributed by atoms with Crippen molar-refractivity contribution in [3.63, 3.8) is 0 Å². The first-order chi connectivity index (χ1) is 21.7. The molecule has 47 heavy (non-hydrogen) atoms. The predicted molar refractivity (Wildman–Crippen MR) is 178 cm³/mol. The first-order valence-electron chi connectivity index (χ1n) is 16.2. The summed E-state index contributed by atoms with van der Waals surface area (Å²) in [6.45, 7) is 18.8. The molecule has 0 aliphatic heterocycles. The van der Waals surface area contributed by atoms with E-state index in [0.29, 0.717) is 6.42 Å². The van der Waals surface area contributed by atoms with E-state index in [1.54, 1.807) is 69.2 Å². The number of carboxylic acids is 2. The molecular weight excluding hydrogens is 658 g/mol. The number of rotatable bonds is 23. The number of carbonyl (C=O) groups is 4. The van der Waals surface area contributed by atoms with E-state index >= 15 is 0 Å². The molecule has 0 aliphatic rings. The predicted octanol–water partition coefficient (Wildman–Crippen LogP) is 7.18. The molecule has 0 rings (SSSR count). The van der Waals surface area contributed by atoms with Gasteiger partial charge in [-0.1, -0.05) is 41.0 Å². The van der Waals surface area contributed by atoms with Gasteiger partial charge in [-0.05, 0) is 71.6 Å². The standard InChI is InChI=1S/C16H31O7P.C15H29O7P/c1-7-12(15(5,6)11-13(17)18)16(8-2,14(19)20)24(21,22-9-3)23-10-4;1-7-20-14(17)15(5,11-12(4)10-13(16)19-6)23(18,21-8-2)22-9-3/h12H,7-11H2,1-6H3,(H,17,18)(H,19,20);12H,7-11H2,1-6H3. The largest absolute Gasteiger partial charge is 0.481 e. The highest BCUT2D eigenvalue weighted by Gasteiger charge is 2.63. The van der Waals surface area contributed by atoms with E-state index in [1.165, 1.54) is 14.0 Å². The molecule has 0 aromatic heterocycles. The zero-order valence-corrected chi connectivity index (χ0v) is 32.2. The van der Waals surface area contributed by atoms with Crippen LogP contribution in [0.4, 0.5) is 0 Å². The van der Waals surface area contributed by atoms with E-state index in [4.69, 9.17) is 22.8 Å². The first-order valence-corrected chi connectivity index (χ1v) is 19.2. The van der Waals surface area contributed by atoms with Crippen LogP contribution in [-0.4, -0.2) is 84.5 Å². The summed E-state index contributed by atoms with van der Waals surface area (Å²) in [7, 11) is -6.48. The summed E-state index contributed by atoms with van der Waals surface area (Å²) >= 11 is 0. The molecule has 0 aromatic carbocycles. The van der Waals surface area contributed by atoms with Crippen LogP contribution < -0.4 is 0 Å². The third-order valence-corrected chi connectivity index (χ3v) is 13.7. The smallest absolute Gasteiger partial charge is 0.348 e. The summed E-state index contributed by atoms with van der Waals surface area (Å²) in [6, 6.07) is 0. The van der Waals surface area contributed by atoms with Crippen LogP contribution in [0.2, 0.25) is 0 Å². The van der Waals surface area contributed by atoms with Crippen molar-refractivity contribution in [2.24, 2.45) is 17.3 Å². The van der Waals surface area contributed by atoms with Gasteiger partial charge in [-0.15, -0.1) is 0 Å². The lowest BCUT2D eigenvalue weighted by atomic mass is 9.67. The number of hydrogen-bond donors (Lipinski definition) is 2. The van der Waals surface area contributed by atoms with Gasteiger partial charge in [0.2, 0.25) is 0 Å². The van der Waals surface area contributed by atoms with Crippen LogP contribution in [0.3, 0.4) is 0 Å². The molecule has 278 valence electrons. The molecule has 0 amide bonds. The second-order valence-corrected chi connectivity index (χ2v) is 16.7. The molecule has 0 aliphatic carbocycles. The number of carbonyl (C=O) groups excluding carboxylic acids is 2. The van der Waals surface area contributed by atoms with Crippen molar-refractivity contribution in [3.05, 3.63) is 0 Å². The summed E-state index contributed by atoms with van der Waals surface area (Å²) in [4.78, 5) is 47.5. The summed E-state index contributed by atoms with van der Waals surface area (Å²) in [6.07, 6.45) is 0.340. The molecule has 0 spiro atoms. The van der Waals surface area contributed by atoms with E-state index in [-0.39, 0.29) is 64.6 Å². The SMILES string of the molecule is CCOC(=O)C(C)(CC(C)CC(=O)OC)P(=O)(OCC)OCC.CCOP(=O)(OCC)C(CC)(C(=O)O)C(CC)C(C)(C)CC(=O)O. The Balaban J connectivity index is 0. The summed E-state index contributed by atoms with van der Waals surface area (Å²) in [5, 5.41) is 16.0. The first kappa shape index (κ1) is 47.3. The van der Waals surface area contributed by atoms with Gasteiger partial charge in [0.25, 0.3) is 0 Å². The van der Waals surface area contributed by atoms with Gasteiger partial charge in [-0.3, -0.25) is 28.3 Å². The summed E-state index contributed by atoms with van der Waals surface area (Å²) in [5.74, 6) is -4.32. The Kier molecular flexibility index (Phi) is 21.4. The number of carboxylic acid groups (broad SMARTS) is 2. The average Bonchev–Trinajstić information content (AvgIpc) is 2.95. The van der Waals surface area contributed by atoms with Gasteiger partial charge in [-0.25, -0.2) is 0 Å². The normalized spacial score (nSPS) is 16.0. The fraction of sp³-hybridized carbons (Fsp3) is 0.871. The molecule has 4 unspecified atom stereocenters. The molecular formula is C31H60O14P2. The highest BCUT2D eigenvalue weighted by Crippen LogP contribution is 2.68. The van der Waals surface area contributed by atoms with Crippen molar-refractivity contribution in [2.45, 2.75) is 119 Å². The maximum atomic E-state index is 13.5. The number of aliphatic carboxylic acids is 2. The molecule has 4 atom stereocenters. The second kappa shape index (κ2) is 21.3. The van der Waals surface area contributed by atoms with Crippen molar-refractivity contribution in [3.8, 4) is 0 Å². The van der Waals surface area contributed by atoms with Crippen LogP contribution in [0.5, 0.6) is 0 Å². The monoisotopic (exact) mass is 718 g/mol. The lowest BCUT2D eigenvalue weighted by Gasteiger charge is -2.46. The van der Waals surface area contributed by atoms with Crippen LogP contribution in [-0.2, 0) is 55.9 Å². The Labute approximate surface area is 281 Å². The van der Waals surface area contributed by atoms with Gasteiger partial charge < -0.3 is 37.8 Å². The van der Waals surface area contributed by atoms with Crippen LogP contribution in [0.15, 0.2) is 0 Å². The van der Waals surface area contributed by atoms with Crippen LogP contribution in [0.1, 0.15) is 108 Å². The van der Waals surface area contributed by atoms with Crippen molar-refractivity contribution in [1.29, 1.82) is 0 Å². The van der Waals surface area contributed by atoms with E-state index in [2.05, 4.69) is 4.74 Å². The lowest BCUT2D eigenvalue weighted by Crippen LogP contribution is -2.52. The molecule has 0 heterocycles. The van der Waals surface area contributed by atoms with Crippen molar-refractivity contribution in [1.82, 2.24) is 0 Å². The number of methoxy groups -OCH3 is 1. The highest BCUT2D eigenvalue weighted by molar-refractivity contribution is 7.57. The zero-order chi connectivity index (χ0) is 37.3. The topological polar surface area (TPSA) is 198 Å². The minimum Gasteiger partial charge on any atom is -0.481 e. The number of esters is 2. The summed E-state index contributed by atoms with van der Waals surface area (Å²) < 4.78 is 57.8. The third kappa shape index (κ3) is 12.2. The van der Waals surface area contributed by atoms with Crippen LogP contribution in [0, 0.1) is 17.3 Å². The van der Waals surface area contributed by atoms with Crippen molar-refractivity contribution >= 4 is 39.1 Å². The average molecular weight is 719 g/mol. The Morgan fingerprint density at radius 3 is 1.51 bits per heavy atom. The molecule has 2 N–H and O–H groups in total.